The summed E-state index contributed by atoms with van der Waals surface area (Å²) >= 11 is 0. The van der Waals surface area contributed by atoms with Crippen LogP contribution in [0.1, 0.15) is 31.9 Å². The van der Waals surface area contributed by atoms with Crippen LogP contribution in [0.3, 0.4) is 0 Å². The van der Waals surface area contributed by atoms with Crippen molar-refractivity contribution in [3.05, 3.63) is 35.4 Å². The summed E-state index contributed by atoms with van der Waals surface area (Å²) in [5.74, 6) is 1.10. The molecule has 1 fully saturated rings. The second-order valence-corrected chi connectivity index (χ2v) is 6.66. The zero-order chi connectivity index (χ0) is 17.7. The predicted molar refractivity (Wildman–Crippen MR) is 106 cm³/mol. The third-order valence-electron chi connectivity index (χ3n) is 4.60. The Morgan fingerprint density at radius 2 is 1.75 bits per heavy atom. The Morgan fingerprint density at radius 1 is 1.08 bits per heavy atom. The van der Waals surface area contributed by atoms with Crippen LogP contribution in [-0.4, -0.2) is 61.6 Å². The first-order valence-corrected chi connectivity index (χ1v) is 8.62. The van der Waals surface area contributed by atoms with Gasteiger partial charge in [0.25, 0.3) is 0 Å². The number of benzene rings is 1. The van der Waals surface area contributed by atoms with Crippen LogP contribution < -0.4 is 0 Å². The molecule has 0 radical (unpaired) electrons. The van der Waals surface area contributed by atoms with E-state index in [9.17, 15) is 0 Å². The molecule has 4 heteroatoms. The maximum atomic E-state index is 4.95. The van der Waals surface area contributed by atoms with Crippen molar-refractivity contribution in [2.45, 2.75) is 27.7 Å². The second kappa shape index (κ2) is 8.25. The monoisotopic (exact) mass is 326 g/mol. The molecule has 0 aromatic heterocycles. The molecule has 0 N–H and O–H groups in total. The molecular weight excluding hydrogens is 296 g/mol. The molecule has 1 aromatic carbocycles. The summed E-state index contributed by atoms with van der Waals surface area (Å²) in [6.07, 6.45) is 2.12. The van der Waals surface area contributed by atoms with Gasteiger partial charge in [-0.05, 0) is 58.5 Å². The molecule has 0 spiro atoms. The average molecular weight is 326 g/mol. The van der Waals surface area contributed by atoms with E-state index in [1.54, 1.807) is 0 Å². The molecule has 0 bridgehead atoms. The van der Waals surface area contributed by atoms with Gasteiger partial charge in [0, 0.05) is 44.5 Å². The highest BCUT2D eigenvalue weighted by atomic mass is 15.3. The Morgan fingerprint density at radius 3 is 2.38 bits per heavy atom. The van der Waals surface area contributed by atoms with E-state index in [2.05, 4.69) is 66.9 Å². The van der Waals surface area contributed by atoms with Crippen LogP contribution in [0.15, 0.2) is 34.3 Å². The number of allylic oxidation sites excluding steroid dienone is 2. The average Bonchev–Trinajstić information content (AvgIpc) is 2.56. The molecule has 4 nitrogen and oxygen atoms in total. The standard InChI is InChI=1S/C20H30N4/c1-15-7-8-20(19(13-15)16(2)14-17(3)21-5)22-18(4)24-11-9-23(6)10-12-24/h7-8,13-14H,9-12H2,1-6H3/b16-14+,21-17?,22-18?. The lowest BCUT2D eigenvalue weighted by molar-refractivity contribution is 0.215. The van der Waals surface area contributed by atoms with Crippen molar-refractivity contribution >= 4 is 22.8 Å². The van der Waals surface area contributed by atoms with Crippen molar-refractivity contribution in [1.82, 2.24) is 9.80 Å². The Kier molecular flexibility index (Phi) is 6.32. The highest BCUT2D eigenvalue weighted by Crippen LogP contribution is 2.28. The highest BCUT2D eigenvalue weighted by Gasteiger charge is 2.15. The van der Waals surface area contributed by atoms with Gasteiger partial charge >= 0.3 is 0 Å². The van der Waals surface area contributed by atoms with E-state index in [0.29, 0.717) is 0 Å². The van der Waals surface area contributed by atoms with Crippen molar-refractivity contribution in [3.63, 3.8) is 0 Å². The largest absolute Gasteiger partial charge is 0.358 e. The van der Waals surface area contributed by atoms with Gasteiger partial charge in [-0.1, -0.05) is 11.6 Å². The van der Waals surface area contributed by atoms with Gasteiger partial charge in [-0.2, -0.15) is 0 Å². The first-order valence-electron chi connectivity index (χ1n) is 8.62. The quantitative estimate of drug-likeness (QED) is 0.625. The van der Waals surface area contributed by atoms with Crippen LogP contribution in [0.4, 0.5) is 5.69 Å². The Bertz CT molecular complexity index is 662. The SMILES string of the molecule is CN=C(C)/C=C(\C)c1cc(C)ccc1N=C(C)N1CCN(C)CC1. The molecule has 1 aromatic rings. The summed E-state index contributed by atoms with van der Waals surface area (Å²) in [4.78, 5) is 13.9. The lowest BCUT2D eigenvalue weighted by Crippen LogP contribution is -2.46. The predicted octanol–water partition coefficient (Wildman–Crippen LogP) is 3.79. The summed E-state index contributed by atoms with van der Waals surface area (Å²) in [7, 11) is 4.00. The highest BCUT2D eigenvalue weighted by molar-refractivity contribution is 6.00. The van der Waals surface area contributed by atoms with Crippen molar-refractivity contribution in [2.24, 2.45) is 9.98 Å². The molecule has 0 aliphatic carbocycles. The van der Waals surface area contributed by atoms with E-state index < -0.39 is 0 Å². The van der Waals surface area contributed by atoms with Gasteiger partial charge < -0.3 is 9.80 Å². The number of hydrogen-bond acceptors (Lipinski definition) is 3. The van der Waals surface area contributed by atoms with Crippen LogP contribution in [0.25, 0.3) is 5.57 Å². The first kappa shape index (κ1) is 18.4. The summed E-state index contributed by atoms with van der Waals surface area (Å²) in [5.41, 5.74) is 5.70. The van der Waals surface area contributed by atoms with Crippen LogP contribution >= 0.6 is 0 Å². The van der Waals surface area contributed by atoms with Gasteiger partial charge in [-0.3, -0.25) is 4.99 Å². The van der Waals surface area contributed by atoms with E-state index in [1.807, 2.05) is 14.0 Å². The third-order valence-corrected chi connectivity index (χ3v) is 4.60. The minimum Gasteiger partial charge on any atom is -0.358 e. The zero-order valence-electron chi connectivity index (χ0n) is 15.9. The summed E-state index contributed by atoms with van der Waals surface area (Å²) < 4.78 is 0. The van der Waals surface area contributed by atoms with Crippen molar-refractivity contribution < 1.29 is 0 Å². The van der Waals surface area contributed by atoms with E-state index in [0.717, 1.165) is 43.4 Å². The van der Waals surface area contributed by atoms with Crippen molar-refractivity contribution in [2.75, 3.05) is 40.3 Å². The number of nitrogens with zero attached hydrogens (tertiary/aromatic N) is 4. The fourth-order valence-corrected chi connectivity index (χ4v) is 2.89. The number of piperazine rings is 1. The van der Waals surface area contributed by atoms with Crippen molar-refractivity contribution in [1.29, 1.82) is 0 Å². The van der Waals surface area contributed by atoms with Gasteiger partial charge in [-0.25, -0.2) is 4.99 Å². The molecule has 2 rings (SSSR count). The Balaban J connectivity index is 2.33. The number of amidine groups is 1. The Labute approximate surface area is 146 Å². The Hall–Kier alpha value is -1.94. The number of aryl methyl sites for hydroxylation is 1. The summed E-state index contributed by atoms with van der Waals surface area (Å²) in [6, 6.07) is 6.47. The van der Waals surface area contributed by atoms with E-state index >= 15 is 0 Å². The normalized spacial score (nSPS) is 18.2. The van der Waals surface area contributed by atoms with Gasteiger partial charge in [0.05, 0.1) is 5.69 Å². The fraction of sp³-hybridized carbons (Fsp3) is 0.500. The molecule has 1 aliphatic rings. The minimum atomic E-state index is 1.03. The topological polar surface area (TPSA) is 31.2 Å². The van der Waals surface area contributed by atoms with Gasteiger partial charge in [-0.15, -0.1) is 0 Å². The smallest absolute Gasteiger partial charge is 0.102 e. The minimum absolute atomic E-state index is 1.03. The molecule has 1 heterocycles. The number of likely N-dealkylation sites (N-methyl/N-ethyl adjacent to an activating group) is 1. The lowest BCUT2D eigenvalue weighted by atomic mass is 10.0. The number of rotatable bonds is 3. The van der Waals surface area contributed by atoms with Crippen LogP contribution in [0, 0.1) is 6.92 Å². The molecule has 0 atom stereocenters. The zero-order valence-corrected chi connectivity index (χ0v) is 15.9. The number of aliphatic imine (C=N–C) groups is 2. The summed E-state index contributed by atoms with van der Waals surface area (Å²) in [5, 5.41) is 0. The van der Waals surface area contributed by atoms with E-state index in [4.69, 9.17) is 4.99 Å². The van der Waals surface area contributed by atoms with Crippen LogP contribution in [-0.2, 0) is 0 Å². The molecule has 0 unspecified atom stereocenters. The van der Waals surface area contributed by atoms with Crippen LogP contribution in [0.5, 0.6) is 0 Å². The molecular formula is C20H30N4. The second-order valence-electron chi connectivity index (χ2n) is 6.66. The van der Waals surface area contributed by atoms with Gasteiger partial charge in [0.1, 0.15) is 5.84 Å². The molecule has 24 heavy (non-hydrogen) atoms. The van der Waals surface area contributed by atoms with E-state index in [-0.39, 0.29) is 0 Å². The van der Waals surface area contributed by atoms with Gasteiger partial charge in [0.15, 0.2) is 0 Å². The van der Waals surface area contributed by atoms with Gasteiger partial charge in [0.2, 0.25) is 0 Å². The molecule has 0 saturated carbocycles. The molecule has 0 amide bonds. The van der Waals surface area contributed by atoms with E-state index in [1.165, 1.54) is 16.7 Å². The molecule has 130 valence electrons. The number of hydrogen-bond donors (Lipinski definition) is 0. The lowest BCUT2D eigenvalue weighted by Gasteiger charge is -2.33. The summed E-state index contributed by atoms with van der Waals surface area (Å²) in [6.45, 7) is 12.7. The third kappa shape index (κ3) is 4.78. The maximum absolute atomic E-state index is 4.95. The first-order chi connectivity index (χ1) is 11.4. The maximum Gasteiger partial charge on any atom is 0.102 e. The van der Waals surface area contributed by atoms with Crippen LogP contribution in [0.2, 0.25) is 0 Å². The fourth-order valence-electron chi connectivity index (χ4n) is 2.89. The molecule has 1 saturated heterocycles. The van der Waals surface area contributed by atoms with Crippen molar-refractivity contribution in [3.8, 4) is 0 Å². The molecule has 1 aliphatic heterocycles.